The van der Waals surface area contributed by atoms with E-state index in [2.05, 4.69) is 42.8 Å². The number of rotatable bonds is 5. The van der Waals surface area contributed by atoms with Crippen molar-refractivity contribution in [2.45, 2.75) is 25.9 Å². The summed E-state index contributed by atoms with van der Waals surface area (Å²) in [5, 5.41) is 15.1. The van der Waals surface area contributed by atoms with Crippen LogP contribution in [0.5, 0.6) is 0 Å². The molecule has 4 rings (SSSR count). The summed E-state index contributed by atoms with van der Waals surface area (Å²) in [5.74, 6) is 1.25. The highest BCUT2D eigenvalue weighted by Crippen LogP contribution is 2.21. The molecule has 0 N–H and O–H groups in total. The molecule has 0 saturated carbocycles. The van der Waals surface area contributed by atoms with Gasteiger partial charge >= 0.3 is 0 Å². The summed E-state index contributed by atoms with van der Waals surface area (Å²) in [5.41, 5.74) is 0.958. The lowest BCUT2D eigenvalue weighted by Gasteiger charge is -2.31. The minimum atomic E-state index is 0.582. The zero-order valence-electron chi connectivity index (χ0n) is 13.5. The standard InChI is InChI=1S/C17H20N6S/c1-3-14(11-22(9-1)13-16-4-2-10-24-16)12-23-20-17(19-21-23)15-5-7-18-8-6-15/h2,4-8,10,14H,1,3,9,11-13H2/t14-/m1/s1. The highest BCUT2D eigenvalue weighted by molar-refractivity contribution is 7.09. The molecule has 24 heavy (non-hydrogen) atoms. The molecule has 1 aliphatic heterocycles. The fourth-order valence-electron chi connectivity index (χ4n) is 3.23. The number of tetrazole rings is 1. The molecule has 0 unspecified atom stereocenters. The van der Waals surface area contributed by atoms with Crippen molar-refractivity contribution in [3.8, 4) is 11.4 Å². The summed E-state index contributed by atoms with van der Waals surface area (Å²) in [6, 6.07) is 8.16. The summed E-state index contributed by atoms with van der Waals surface area (Å²) < 4.78 is 0. The van der Waals surface area contributed by atoms with Gasteiger partial charge in [-0.15, -0.1) is 21.5 Å². The van der Waals surface area contributed by atoms with Crippen LogP contribution in [-0.2, 0) is 13.1 Å². The number of pyridine rings is 1. The molecule has 3 aromatic heterocycles. The first-order chi connectivity index (χ1) is 11.9. The van der Waals surface area contributed by atoms with Crippen molar-refractivity contribution >= 4 is 11.3 Å². The van der Waals surface area contributed by atoms with Crippen molar-refractivity contribution in [2.24, 2.45) is 5.92 Å². The molecule has 0 aliphatic carbocycles. The van der Waals surface area contributed by atoms with Crippen LogP contribution in [0.1, 0.15) is 17.7 Å². The van der Waals surface area contributed by atoms with Crippen LogP contribution in [0.2, 0.25) is 0 Å². The van der Waals surface area contributed by atoms with Crippen molar-refractivity contribution in [1.82, 2.24) is 30.1 Å². The molecule has 1 aliphatic rings. The molecule has 7 heteroatoms. The van der Waals surface area contributed by atoms with Crippen molar-refractivity contribution in [3.05, 3.63) is 46.9 Å². The second-order valence-electron chi connectivity index (χ2n) is 6.23. The smallest absolute Gasteiger partial charge is 0.205 e. The third-order valence-electron chi connectivity index (χ3n) is 4.38. The lowest BCUT2D eigenvalue weighted by atomic mass is 9.98. The molecule has 4 heterocycles. The molecule has 0 bridgehead atoms. The number of piperidine rings is 1. The number of likely N-dealkylation sites (tertiary alicyclic amines) is 1. The van der Waals surface area contributed by atoms with E-state index >= 15 is 0 Å². The molecule has 0 aromatic carbocycles. The van der Waals surface area contributed by atoms with Crippen LogP contribution in [0.3, 0.4) is 0 Å². The van der Waals surface area contributed by atoms with E-state index in [4.69, 9.17) is 0 Å². The van der Waals surface area contributed by atoms with Gasteiger partial charge in [-0.1, -0.05) is 6.07 Å². The largest absolute Gasteiger partial charge is 0.298 e. The van der Waals surface area contributed by atoms with Gasteiger partial charge in [-0.25, -0.2) is 0 Å². The van der Waals surface area contributed by atoms with Crippen molar-refractivity contribution in [2.75, 3.05) is 13.1 Å². The maximum atomic E-state index is 4.53. The second-order valence-corrected chi connectivity index (χ2v) is 7.26. The molecular formula is C17H20N6S. The van der Waals surface area contributed by atoms with Crippen LogP contribution in [0.25, 0.3) is 11.4 Å². The van der Waals surface area contributed by atoms with Crippen LogP contribution in [0.15, 0.2) is 42.0 Å². The topological polar surface area (TPSA) is 59.7 Å². The SMILES string of the molecule is c1csc(CN2CCC[C@@H](Cn3nnc(-c4ccncc4)n3)C2)c1. The van der Waals surface area contributed by atoms with Gasteiger partial charge in [0.1, 0.15) is 0 Å². The molecule has 1 atom stereocenters. The van der Waals surface area contributed by atoms with Gasteiger partial charge in [0.2, 0.25) is 5.82 Å². The lowest BCUT2D eigenvalue weighted by molar-refractivity contribution is 0.150. The molecule has 0 radical (unpaired) electrons. The number of thiophene rings is 1. The number of aromatic nitrogens is 5. The summed E-state index contributed by atoms with van der Waals surface area (Å²) >= 11 is 1.84. The van der Waals surface area contributed by atoms with Gasteiger partial charge in [0.05, 0.1) is 6.54 Å². The van der Waals surface area contributed by atoms with E-state index in [1.807, 2.05) is 23.5 Å². The monoisotopic (exact) mass is 340 g/mol. The summed E-state index contributed by atoms with van der Waals surface area (Å²) in [4.78, 5) is 9.75. The Morgan fingerprint density at radius 3 is 2.96 bits per heavy atom. The normalized spacial score (nSPS) is 18.8. The molecule has 3 aromatic rings. The Balaban J connectivity index is 1.37. The van der Waals surface area contributed by atoms with E-state index in [1.54, 1.807) is 17.2 Å². The minimum absolute atomic E-state index is 0.582. The van der Waals surface area contributed by atoms with Gasteiger partial charge in [-0.3, -0.25) is 9.88 Å². The quantitative estimate of drug-likeness (QED) is 0.715. The molecule has 6 nitrogen and oxygen atoms in total. The van der Waals surface area contributed by atoms with Crippen molar-refractivity contribution in [3.63, 3.8) is 0 Å². The first-order valence-electron chi connectivity index (χ1n) is 8.30. The van der Waals surface area contributed by atoms with E-state index in [9.17, 15) is 0 Å². The Bertz CT molecular complexity index is 755. The van der Waals surface area contributed by atoms with E-state index in [0.29, 0.717) is 11.7 Å². The van der Waals surface area contributed by atoms with Gasteiger partial charge in [-0.05, 0) is 54.1 Å². The van der Waals surface area contributed by atoms with Gasteiger partial charge in [0.15, 0.2) is 0 Å². The predicted octanol–water partition coefficient (Wildman–Crippen LogP) is 2.71. The number of nitrogens with zero attached hydrogens (tertiary/aromatic N) is 6. The summed E-state index contributed by atoms with van der Waals surface area (Å²) in [7, 11) is 0. The van der Waals surface area contributed by atoms with E-state index in [1.165, 1.54) is 24.3 Å². The van der Waals surface area contributed by atoms with Crippen LogP contribution in [0, 0.1) is 5.92 Å². The van der Waals surface area contributed by atoms with Gasteiger partial charge in [0, 0.05) is 35.9 Å². The van der Waals surface area contributed by atoms with E-state index in [-0.39, 0.29) is 0 Å². The maximum absolute atomic E-state index is 4.53. The maximum Gasteiger partial charge on any atom is 0.205 e. The average Bonchev–Trinajstić information content (AvgIpc) is 3.28. The van der Waals surface area contributed by atoms with Crippen LogP contribution in [-0.4, -0.2) is 43.2 Å². The zero-order chi connectivity index (χ0) is 16.2. The third-order valence-corrected chi connectivity index (χ3v) is 5.24. The molecular weight excluding hydrogens is 320 g/mol. The molecule has 0 spiro atoms. The number of hydrogen-bond donors (Lipinski definition) is 0. The Labute approximate surface area is 145 Å². The summed E-state index contributed by atoms with van der Waals surface area (Å²) in [6.07, 6.45) is 5.97. The van der Waals surface area contributed by atoms with Crippen molar-refractivity contribution in [1.29, 1.82) is 0 Å². The predicted molar refractivity (Wildman–Crippen MR) is 93.4 cm³/mol. The fraction of sp³-hybridized carbons (Fsp3) is 0.412. The van der Waals surface area contributed by atoms with Gasteiger partial charge in [-0.2, -0.15) is 4.80 Å². The highest BCUT2D eigenvalue weighted by Gasteiger charge is 2.21. The van der Waals surface area contributed by atoms with Crippen LogP contribution in [0.4, 0.5) is 0 Å². The highest BCUT2D eigenvalue weighted by atomic mass is 32.1. The molecule has 0 amide bonds. The third kappa shape index (κ3) is 3.68. The molecule has 1 fully saturated rings. The van der Waals surface area contributed by atoms with Crippen LogP contribution < -0.4 is 0 Å². The van der Waals surface area contributed by atoms with Crippen LogP contribution >= 0.6 is 11.3 Å². The average molecular weight is 340 g/mol. The Kier molecular flexibility index (Phi) is 4.62. The van der Waals surface area contributed by atoms with Gasteiger partial charge < -0.3 is 0 Å². The lowest BCUT2D eigenvalue weighted by Crippen LogP contribution is -2.36. The van der Waals surface area contributed by atoms with E-state index < -0.39 is 0 Å². The molecule has 1 saturated heterocycles. The first-order valence-corrected chi connectivity index (χ1v) is 9.18. The fourth-order valence-corrected chi connectivity index (χ4v) is 3.98. The zero-order valence-corrected chi connectivity index (χ0v) is 14.3. The Morgan fingerprint density at radius 1 is 1.21 bits per heavy atom. The van der Waals surface area contributed by atoms with E-state index in [0.717, 1.165) is 25.2 Å². The number of hydrogen-bond acceptors (Lipinski definition) is 6. The molecule has 124 valence electrons. The first kappa shape index (κ1) is 15.4. The Hall–Kier alpha value is -2.12. The summed E-state index contributed by atoms with van der Waals surface area (Å²) in [6.45, 7) is 4.17. The Morgan fingerprint density at radius 2 is 2.12 bits per heavy atom. The minimum Gasteiger partial charge on any atom is -0.298 e. The van der Waals surface area contributed by atoms with Crippen molar-refractivity contribution < 1.29 is 0 Å². The second kappa shape index (κ2) is 7.19. The van der Waals surface area contributed by atoms with Gasteiger partial charge in [0.25, 0.3) is 0 Å².